The molecular weight excluding hydrogens is 212 g/mol. The molecule has 0 spiro atoms. The number of hydrogen-bond donors (Lipinski definition) is 0. The van der Waals surface area contributed by atoms with Gasteiger partial charge in [-0.2, -0.15) is 0 Å². The van der Waals surface area contributed by atoms with E-state index in [0.717, 1.165) is 10.9 Å². The van der Waals surface area contributed by atoms with Gasteiger partial charge in [-0.1, -0.05) is 42.5 Å². The van der Waals surface area contributed by atoms with Gasteiger partial charge >= 0.3 is 5.97 Å². The summed E-state index contributed by atoms with van der Waals surface area (Å²) >= 11 is 0. The summed E-state index contributed by atoms with van der Waals surface area (Å²) in [5.41, 5.74) is 0.995. The fourth-order valence-electron chi connectivity index (χ4n) is 1.82. The highest BCUT2D eigenvalue weighted by Gasteiger charge is 2.07. The largest absolute Gasteiger partial charge is 0.463 e. The molecule has 0 saturated heterocycles. The van der Waals surface area contributed by atoms with Gasteiger partial charge < -0.3 is 4.74 Å². The van der Waals surface area contributed by atoms with Gasteiger partial charge in [0, 0.05) is 0 Å². The van der Waals surface area contributed by atoms with E-state index in [0.29, 0.717) is 6.42 Å². The quantitative estimate of drug-likeness (QED) is 0.753. The van der Waals surface area contributed by atoms with Crippen LogP contribution in [0.4, 0.5) is 0 Å². The van der Waals surface area contributed by atoms with Gasteiger partial charge in [0.25, 0.3) is 0 Å². The third kappa shape index (κ3) is 3.06. The Kier molecular flexibility index (Phi) is 3.43. The second-order valence-electron chi connectivity index (χ2n) is 4.40. The van der Waals surface area contributed by atoms with Crippen LogP contribution in [0.25, 0.3) is 10.8 Å². The molecule has 0 saturated carbocycles. The molecule has 0 aliphatic rings. The molecule has 0 bridgehead atoms. The molecule has 2 rings (SSSR count). The minimum Gasteiger partial charge on any atom is -0.463 e. The zero-order valence-corrected chi connectivity index (χ0v) is 10.1. The molecule has 0 unspecified atom stereocenters. The Morgan fingerprint density at radius 2 is 1.82 bits per heavy atom. The summed E-state index contributed by atoms with van der Waals surface area (Å²) in [7, 11) is 0. The first-order chi connectivity index (χ1) is 8.15. The van der Waals surface area contributed by atoms with Gasteiger partial charge in [-0.3, -0.25) is 4.79 Å². The summed E-state index contributed by atoms with van der Waals surface area (Å²) < 4.78 is 5.13. The molecule has 0 heterocycles. The van der Waals surface area contributed by atoms with Crippen molar-refractivity contribution in [3.8, 4) is 0 Å². The molecule has 0 amide bonds. The smallest absolute Gasteiger partial charge is 0.310 e. The van der Waals surface area contributed by atoms with Crippen LogP contribution in [0.2, 0.25) is 0 Å². The average Bonchev–Trinajstić information content (AvgIpc) is 2.27. The van der Waals surface area contributed by atoms with Crippen LogP contribution in [0.15, 0.2) is 42.5 Å². The number of carbonyl (C=O) groups excluding carboxylic acids is 1. The van der Waals surface area contributed by atoms with Gasteiger partial charge in [0.2, 0.25) is 0 Å². The topological polar surface area (TPSA) is 26.3 Å². The van der Waals surface area contributed by atoms with Crippen LogP contribution in [0, 0.1) is 0 Å². The highest BCUT2D eigenvalue weighted by atomic mass is 16.5. The SMILES string of the molecule is CC(C)OC(=O)Cc1ccc2ccccc2c1. The van der Waals surface area contributed by atoms with Crippen molar-refractivity contribution in [2.45, 2.75) is 26.4 Å². The second kappa shape index (κ2) is 5.00. The summed E-state index contributed by atoms with van der Waals surface area (Å²) in [6, 6.07) is 14.2. The van der Waals surface area contributed by atoms with Crippen LogP contribution in [0.3, 0.4) is 0 Å². The van der Waals surface area contributed by atoms with Crippen LogP contribution < -0.4 is 0 Å². The van der Waals surface area contributed by atoms with E-state index in [9.17, 15) is 4.79 Å². The Morgan fingerprint density at radius 3 is 2.53 bits per heavy atom. The Balaban J connectivity index is 2.17. The van der Waals surface area contributed by atoms with Gasteiger partial charge in [0.15, 0.2) is 0 Å². The summed E-state index contributed by atoms with van der Waals surface area (Å²) in [4.78, 5) is 11.5. The highest BCUT2D eigenvalue weighted by molar-refractivity contribution is 5.84. The highest BCUT2D eigenvalue weighted by Crippen LogP contribution is 2.16. The molecule has 0 aromatic heterocycles. The first kappa shape index (κ1) is 11.6. The van der Waals surface area contributed by atoms with Crippen molar-refractivity contribution in [1.82, 2.24) is 0 Å². The maximum atomic E-state index is 11.5. The Morgan fingerprint density at radius 1 is 1.12 bits per heavy atom. The zero-order chi connectivity index (χ0) is 12.3. The molecule has 0 N–H and O–H groups in total. The van der Waals surface area contributed by atoms with Gasteiger partial charge in [0.1, 0.15) is 0 Å². The third-order valence-electron chi connectivity index (χ3n) is 2.53. The van der Waals surface area contributed by atoms with Crippen molar-refractivity contribution >= 4 is 16.7 Å². The van der Waals surface area contributed by atoms with Gasteiger partial charge in [-0.15, -0.1) is 0 Å². The molecule has 0 radical (unpaired) electrons. The maximum absolute atomic E-state index is 11.5. The number of carbonyl (C=O) groups is 1. The van der Waals surface area contributed by atoms with Crippen molar-refractivity contribution in [2.75, 3.05) is 0 Å². The van der Waals surface area contributed by atoms with Gasteiger partial charge in [0.05, 0.1) is 12.5 Å². The standard InChI is InChI=1S/C15H16O2/c1-11(2)17-15(16)10-12-7-8-13-5-3-4-6-14(13)9-12/h3-9,11H,10H2,1-2H3. The lowest BCUT2D eigenvalue weighted by molar-refractivity contribution is -0.146. The number of ether oxygens (including phenoxy) is 1. The first-order valence-corrected chi connectivity index (χ1v) is 5.82. The summed E-state index contributed by atoms with van der Waals surface area (Å²) in [6.07, 6.45) is 0.284. The third-order valence-corrected chi connectivity index (χ3v) is 2.53. The van der Waals surface area contributed by atoms with E-state index in [1.165, 1.54) is 5.39 Å². The molecule has 0 fully saturated rings. The van der Waals surface area contributed by atoms with E-state index in [-0.39, 0.29) is 12.1 Å². The number of benzene rings is 2. The molecular formula is C15H16O2. The maximum Gasteiger partial charge on any atom is 0.310 e. The normalized spacial score (nSPS) is 10.8. The molecule has 17 heavy (non-hydrogen) atoms. The van der Waals surface area contributed by atoms with E-state index in [4.69, 9.17) is 4.74 Å². The number of fused-ring (bicyclic) bond motifs is 1. The predicted octanol–water partition coefficient (Wildman–Crippen LogP) is 3.33. The molecule has 0 aliphatic carbocycles. The second-order valence-corrected chi connectivity index (χ2v) is 4.40. The van der Waals surface area contributed by atoms with E-state index >= 15 is 0 Å². The van der Waals surface area contributed by atoms with Crippen LogP contribution >= 0.6 is 0 Å². The lowest BCUT2D eigenvalue weighted by atomic mass is 10.1. The Hall–Kier alpha value is -1.83. The lowest BCUT2D eigenvalue weighted by Gasteiger charge is -2.08. The van der Waals surface area contributed by atoms with Crippen LogP contribution in [0.1, 0.15) is 19.4 Å². The number of hydrogen-bond acceptors (Lipinski definition) is 2. The first-order valence-electron chi connectivity index (χ1n) is 5.82. The van der Waals surface area contributed by atoms with Gasteiger partial charge in [-0.25, -0.2) is 0 Å². The van der Waals surface area contributed by atoms with Crippen molar-refractivity contribution in [3.05, 3.63) is 48.0 Å². The molecule has 0 aliphatic heterocycles. The summed E-state index contributed by atoms with van der Waals surface area (Å²) in [6.45, 7) is 3.72. The molecule has 0 atom stereocenters. The Labute approximate surface area is 101 Å². The summed E-state index contributed by atoms with van der Waals surface area (Å²) in [5, 5.41) is 2.34. The molecule has 2 aromatic rings. The van der Waals surface area contributed by atoms with E-state index in [2.05, 4.69) is 6.07 Å². The number of rotatable bonds is 3. The minimum absolute atomic E-state index is 0.0528. The minimum atomic E-state index is -0.171. The monoisotopic (exact) mass is 228 g/mol. The molecule has 2 aromatic carbocycles. The van der Waals surface area contributed by atoms with Crippen molar-refractivity contribution < 1.29 is 9.53 Å². The lowest BCUT2D eigenvalue weighted by Crippen LogP contribution is -2.13. The van der Waals surface area contributed by atoms with Crippen LogP contribution in [-0.2, 0) is 16.0 Å². The van der Waals surface area contributed by atoms with Crippen molar-refractivity contribution in [3.63, 3.8) is 0 Å². The van der Waals surface area contributed by atoms with Crippen LogP contribution in [0.5, 0.6) is 0 Å². The molecule has 2 heteroatoms. The van der Waals surface area contributed by atoms with Crippen molar-refractivity contribution in [1.29, 1.82) is 0 Å². The average molecular weight is 228 g/mol. The van der Waals surface area contributed by atoms with E-state index < -0.39 is 0 Å². The number of esters is 1. The van der Waals surface area contributed by atoms with E-state index in [1.54, 1.807) is 0 Å². The fourth-order valence-corrected chi connectivity index (χ4v) is 1.82. The molecule has 88 valence electrons. The van der Waals surface area contributed by atoms with Gasteiger partial charge in [-0.05, 0) is 30.2 Å². The molecule has 2 nitrogen and oxygen atoms in total. The predicted molar refractivity (Wildman–Crippen MR) is 68.9 cm³/mol. The van der Waals surface area contributed by atoms with Crippen LogP contribution in [-0.4, -0.2) is 12.1 Å². The fraction of sp³-hybridized carbons (Fsp3) is 0.267. The Bertz CT molecular complexity index is 529. The summed E-state index contributed by atoms with van der Waals surface area (Å²) in [5.74, 6) is -0.171. The van der Waals surface area contributed by atoms with E-state index in [1.807, 2.05) is 50.2 Å². The van der Waals surface area contributed by atoms with Crippen molar-refractivity contribution in [2.24, 2.45) is 0 Å². The zero-order valence-electron chi connectivity index (χ0n) is 10.1.